The second kappa shape index (κ2) is 8.51. The standard InChI is InChI=1S/C21H19NO4S/c1-14-8-9-18(25-2)17(12-14)22-20(23)19(15-6-4-3-5-7-15)26-21(24)16-10-11-27-13-16/h3-13,19H,1-2H3,(H,22,23). The van der Waals surface area contributed by atoms with E-state index in [1.807, 2.05) is 19.1 Å². The predicted molar refractivity (Wildman–Crippen MR) is 105 cm³/mol. The fourth-order valence-electron chi connectivity index (χ4n) is 2.57. The van der Waals surface area contributed by atoms with Gasteiger partial charge in [-0.2, -0.15) is 11.3 Å². The van der Waals surface area contributed by atoms with Gasteiger partial charge >= 0.3 is 5.97 Å². The van der Waals surface area contributed by atoms with Gasteiger partial charge in [0.05, 0.1) is 18.4 Å². The minimum atomic E-state index is -1.08. The molecule has 1 heterocycles. The monoisotopic (exact) mass is 381 g/mol. The first-order valence-electron chi connectivity index (χ1n) is 8.32. The topological polar surface area (TPSA) is 64.6 Å². The summed E-state index contributed by atoms with van der Waals surface area (Å²) in [4.78, 5) is 25.4. The number of esters is 1. The number of methoxy groups -OCH3 is 1. The molecule has 0 saturated carbocycles. The third-order valence-electron chi connectivity index (χ3n) is 3.94. The summed E-state index contributed by atoms with van der Waals surface area (Å²) in [5.41, 5.74) is 2.50. The van der Waals surface area contributed by atoms with Crippen molar-refractivity contribution in [2.75, 3.05) is 12.4 Å². The zero-order valence-corrected chi connectivity index (χ0v) is 15.8. The second-order valence-corrected chi connectivity index (χ2v) is 6.68. The zero-order chi connectivity index (χ0) is 19.2. The van der Waals surface area contributed by atoms with Crippen molar-refractivity contribution < 1.29 is 19.1 Å². The van der Waals surface area contributed by atoms with Crippen molar-refractivity contribution in [2.45, 2.75) is 13.0 Å². The van der Waals surface area contributed by atoms with Crippen LogP contribution in [0.25, 0.3) is 0 Å². The minimum absolute atomic E-state index is 0.418. The molecule has 0 bridgehead atoms. The van der Waals surface area contributed by atoms with Crippen LogP contribution >= 0.6 is 11.3 Å². The minimum Gasteiger partial charge on any atom is -0.495 e. The van der Waals surface area contributed by atoms with Crippen molar-refractivity contribution in [3.63, 3.8) is 0 Å². The zero-order valence-electron chi connectivity index (χ0n) is 15.0. The SMILES string of the molecule is COc1ccc(C)cc1NC(=O)C(OC(=O)c1ccsc1)c1ccccc1. The summed E-state index contributed by atoms with van der Waals surface area (Å²) in [5, 5.41) is 6.28. The number of ether oxygens (including phenoxy) is 2. The first-order valence-corrected chi connectivity index (χ1v) is 9.26. The Morgan fingerprint density at radius 2 is 1.85 bits per heavy atom. The first kappa shape index (κ1) is 18.7. The lowest BCUT2D eigenvalue weighted by Gasteiger charge is -2.19. The summed E-state index contributed by atoms with van der Waals surface area (Å²) >= 11 is 1.39. The van der Waals surface area contributed by atoms with Crippen LogP contribution in [0.2, 0.25) is 0 Å². The van der Waals surface area contributed by atoms with E-state index in [1.165, 1.54) is 18.4 Å². The summed E-state index contributed by atoms with van der Waals surface area (Å²) in [5.74, 6) is -0.463. The van der Waals surface area contributed by atoms with Crippen molar-refractivity contribution >= 4 is 28.9 Å². The molecule has 1 atom stereocenters. The van der Waals surface area contributed by atoms with E-state index < -0.39 is 18.0 Å². The molecule has 0 fully saturated rings. The van der Waals surface area contributed by atoms with Gasteiger partial charge in [0.2, 0.25) is 6.10 Å². The molecule has 3 aromatic rings. The van der Waals surface area contributed by atoms with Crippen LogP contribution in [0.4, 0.5) is 5.69 Å². The van der Waals surface area contributed by atoms with E-state index in [0.717, 1.165) is 5.56 Å². The molecule has 1 aromatic heterocycles. The molecule has 0 radical (unpaired) electrons. The van der Waals surface area contributed by atoms with Gasteiger partial charge in [-0.15, -0.1) is 0 Å². The van der Waals surface area contributed by atoms with Gasteiger partial charge in [-0.25, -0.2) is 4.79 Å². The van der Waals surface area contributed by atoms with Crippen molar-refractivity contribution in [1.29, 1.82) is 0 Å². The number of carbonyl (C=O) groups is 2. The highest BCUT2D eigenvalue weighted by Crippen LogP contribution is 2.28. The van der Waals surface area contributed by atoms with Gasteiger partial charge < -0.3 is 14.8 Å². The van der Waals surface area contributed by atoms with Crippen molar-refractivity contribution in [3.05, 3.63) is 82.0 Å². The Hall–Kier alpha value is -3.12. The van der Waals surface area contributed by atoms with E-state index in [0.29, 0.717) is 22.6 Å². The Bertz CT molecular complexity index is 923. The summed E-state index contributed by atoms with van der Waals surface area (Å²) < 4.78 is 10.8. The lowest BCUT2D eigenvalue weighted by molar-refractivity contribution is -0.125. The Morgan fingerprint density at radius 1 is 1.07 bits per heavy atom. The summed E-state index contributed by atoms with van der Waals surface area (Å²) in [6.45, 7) is 1.92. The normalized spacial score (nSPS) is 11.5. The second-order valence-electron chi connectivity index (χ2n) is 5.90. The number of hydrogen-bond acceptors (Lipinski definition) is 5. The summed E-state index contributed by atoms with van der Waals surface area (Å²) in [6, 6.07) is 16.1. The largest absolute Gasteiger partial charge is 0.495 e. The van der Waals surface area contributed by atoms with Crippen LogP contribution in [-0.4, -0.2) is 19.0 Å². The van der Waals surface area contributed by atoms with E-state index >= 15 is 0 Å². The molecular formula is C21H19NO4S. The van der Waals surface area contributed by atoms with Crippen LogP contribution in [0.5, 0.6) is 5.75 Å². The van der Waals surface area contributed by atoms with Crippen LogP contribution in [0.15, 0.2) is 65.4 Å². The quantitative estimate of drug-likeness (QED) is 0.634. The fourth-order valence-corrected chi connectivity index (χ4v) is 3.20. The molecule has 3 rings (SSSR count). The molecule has 1 amide bonds. The van der Waals surface area contributed by atoms with Crippen molar-refractivity contribution in [3.8, 4) is 5.75 Å². The van der Waals surface area contributed by atoms with E-state index in [4.69, 9.17) is 9.47 Å². The lowest BCUT2D eigenvalue weighted by atomic mass is 10.1. The van der Waals surface area contributed by atoms with Gasteiger partial charge in [-0.3, -0.25) is 4.79 Å². The van der Waals surface area contributed by atoms with Gasteiger partial charge in [0.1, 0.15) is 5.75 Å². The Morgan fingerprint density at radius 3 is 2.52 bits per heavy atom. The maximum absolute atomic E-state index is 13.0. The smallest absolute Gasteiger partial charge is 0.340 e. The van der Waals surface area contributed by atoms with Crippen molar-refractivity contribution in [1.82, 2.24) is 0 Å². The summed E-state index contributed by atoms with van der Waals surface area (Å²) in [7, 11) is 1.53. The van der Waals surface area contributed by atoms with Crippen LogP contribution in [0.1, 0.15) is 27.6 Å². The van der Waals surface area contributed by atoms with E-state index in [2.05, 4.69) is 5.32 Å². The summed E-state index contributed by atoms with van der Waals surface area (Å²) in [6.07, 6.45) is -1.08. The first-order chi connectivity index (χ1) is 13.1. The average molecular weight is 381 g/mol. The van der Waals surface area contributed by atoms with Gasteiger partial charge in [-0.1, -0.05) is 36.4 Å². The number of aryl methyl sites for hydroxylation is 1. The molecule has 2 aromatic carbocycles. The fraction of sp³-hybridized carbons (Fsp3) is 0.143. The molecule has 0 aliphatic carbocycles. The number of amides is 1. The third-order valence-corrected chi connectivity index (χ3v) is 4.62. The number of nitrogens with one attached hydrogen (secondary N) is 1. The number of hydrogen-bond donors (Lipinski definition) is 1. The maximum atomic E-state index is 13.0. The van der Waals surface area contributed by atoms with Crippen LogP contribution in [-0.2, 0) is 9.53 Å². The van der Waals surface area contributed by atoms with E-state index in [-0.39, 0.29) is 0 Å². The Balaban J connectivity index is 1.87. The van der Waals surface area contributed by atoms with E-state index in [1.54, 1.807) is 53.2 Å². The molecule has 0 saturated heterocycles. The molecule has 1 N–H and O–H groups in total. The lowest BCUT2D eigenvalue weighted by Crippen LogP contribution is -2.26. The molecule has 138 valence electrons. The molecule has 0 spiro atoms. The Labute approximate surface area is 161 Å². The van der Waals surface area contributed by atoms with E-state index in [9.17, 15) is 9.59 Å². The van der Waals surface area contributed by atoms with Crippen molar-refractivity contribution in [2.24, 2.45) is 0 Å². The van der Waals surface area contributed by atoms with Crippen LogP contribution in [0.3, 0.4) is 0 Å². The number of benzene rings is 2. The molecule has 0 aliphatic rings. The predicted octanol–water partition coefficient (Wildman–Crippen LogP) is 4.60. The Kier molecular flexibility index (Phi) is 5.88. The van der Waals surface area contributed by atoms with Gasteiger partial charge in [-0.05, 0) is 36.1 Å². The molecule has 27 heavy (non-hydrogen) atoms. The number of rotatable bonds is 6. The highest BCUT2D eigenvalue weighted by molar-refractivity contribution is 7.08. The highest BCUT2D eigenvalue weighted by atomic mass is 32.1. The number of anilines is 1. The molecule has 6 heteroatoms. The van der Waals surface area contributed by atoms with Crippen LogP contribution in [0, 0.1) is 6.92 Å². The number of carbonyl (C=O) groups excluding carboxylic acids is 2. The molecular weight excluding hydrogens is 362 g/mol. The average Bonchev–Trinajstić information content (AvgIpc) is 3.21. The third kappa shape index (κ3) is 4.54. The van der Waals surface area contributed by atoms with Crippen LogP contribution < -0.4 is 10.1 Å². The molecule has 5 nitrogen and oxygen atoms in total. The molecule has 0 aliphatic heterocycles. The van der Waals surface area contributed by atoms with Gasteiger partial charge in [0.15, 0.2) is 0 Å². The number of thiophene rings is 1. The highest BCUT2D eigenvalue weighted by Gasteiger charge is 2.26. The van der Waals surface area contributed by atoms with Gasteiger partial charge in [0, 0.05) is 10.9 Å². The molecule has 1 unspecified atom stereocenters. The maximum Gasteiger partial charge on any atom is 0.340 e. The van der Waals surface area contributed by atoms with Gasteiger partial charge in [0.25, 0.3) is 5.91 Å².